The molecule has 2 aromatic carbocycles. The molecule has 2 aliphatic rings. The predicted molar refractivity (Wildman–Crippen MR) is 124 cm³/mol. The Kier molecular flexibility index (Phi) is 5.53. The second kappa shape index (κ2) is 8.35. The Morgan fingerprint density at radius 2 is 1.69 bits per heavy atom. The van der Waals surface area contributed by atoms with Gasteiger partial charge in [-0.3, -0.25) is 14.5 Å². The summed E-state index contributed by atoms with van der Waals surface area (Å²) < 4.78 is 11.5. The quantitative estimate of drug-likeness (QED) is 0.600. The van der Waals surface area contributed by atoms with Gasteiger partial charge >= 0.3 is 0 Å². The highest BCUT2D eigenvalue weighted by molar-refractivity contribution is 6.30. The zero-order chi connectivity index (χ0) is 22.4. The topological polar surface area (TPSA) is 63.0 Å². The number of ether oxygens (including phenoxy) is 1. The van der Waals surface area contributed by atoms with Crippen molar-refractivity contribution in [1.29, 1.82) is 0 Å². The number of carbonyl (C=O) groups excluding carboxylic acids is 1. The summed E-state index contributed by atoms with van der Waals surface area (Å²) in [6.45, 7) is 8.19. The number of aryl methyl sites for hydroxylation is 2. The minimum atomic E-state index is -0.502. The summed E-state index contributed by atoms with van der Waals surface area (Å²) in [6, 6.07) is 10.5. The summed E-state index contributed by atoms with van der Waals surface area (Å²) in [5, 5.41) is 1.11. The van der Waals surface area contributed by atoms with E-state index in [2.05, 4.69) is 4.90 Å². The second-order valence-electron chi connectivity index (χ2n) is 8.51. The van der Waals surface area contributed by atoms with Gasteiger partial charge in [0.1, 0.15) is 5.58 Å². The van der Waals surface area contributed by atoms with Crippen LogP contribution < -0.4 is 5.43 Å². The van der Waals surface area contributed by atoms with Crippen molar-refractivity contribution in [1.82, 2.24) is 9.80 Å². The molecule has 1 fully saturated rings. The first-order chi connectivity index (χ1) is 15.4. The Hall–Kier alpha value is -2.67. The van der Waals surface area contributed by atoms with Gasteiger partial charge in [-0.1, -0.05) is 23.7 Å². The van der Waals surface area contributed by atoms with Crippen molar-refractivity contribution in [3.8, 4) is 0 Å². The molecule has 0 radical (unpaired) electrons. The first kappa shape index (κ1) is 21.2. The lowest BCUT2D eigenvalue weighted by molar-refractivity contribution is 0.0314. The molecule has 6 nitrogen and oxygen atoms in total. The van der Waals surface area contributed by atoms with E-state index in [-0.39, 0.29) is 17.1 Å². The van der Waals surface area contributed by atoms with Gasteiger partial charge < -0.3 is 14.1 Å². The van der Waals surface area contributed by atoms with Gasteiger partial charge in [-0.15, -0.1) is 0 Å². The van der Waals surface area contributed by atoms with E-state index in [9.17, 15) is 9.59 Å². The van der Waals surface area contributed by atoms with Gasteiger partial charge in [0.2, 0.25) is 5.76 Å². The van der Waals surface area contributed by atoms with Crippen LogP contribution >= 0.6 is 11.6 Å². The number of hydrogen-bond donors (Lipinski definition) is 0. The third-order valence-electron chi connectivity index (χ3n) is 6.53. The van der Waals surface area contributed by atoms with Crippen molar-refractivity contribution in [2.24, 2.45) is 0 Å². The molecule has 0 spiro atoms. The Labute approximate surface area is 191 Å². The smallest absolute Gasteiger partial charge is 0.290 e. The Bertz CT molecular complexity index is 1250. The molecule has 5 rings (SSSR count). The summed E-state index contributed by atoms with van der Waals surface area (Å²) >= 11 is 6.11. The molecule has 0 saturated carbocycles. The van der Waals surface area contributed by atoms with Gasteiger partial charge in [0.15, 0.2) is 5.43 Å². The highest BCUT2D eigenvalue weighted by Gasteiger charge is 2.42. The van der Waals surface area contributed by atoms with Crippen LogP contribution in [0.25, 0.3) is 11.0 Å². The van der Waals surface area contributed by atoms with Crippen molar-refractivity contribution in [2.45, 2.75) is 19.9 Å². The molecule has 32 heavy (non-hydrogen) atoms. The molecule has 1 aromatic heterocycles. The van der Waals surface area contributed by atoms with Crippen molar-refractivity contribution >= 4 is 28.5 Å². The van der Waals surface area contributed by atoms with Crippen LogP contribution in [-0.4, -0.2) is 55.1 Å². The SMILES string of the molecule is Cc1cc2oc3c(c(=O)c2cc1C)C(c1ccc(Cl)cc1)N(CCN1CCOCC1)C3=O. The van der Waals surface area contributed by atoms with E-state index in [1.54, 1.807) is 17.0 Å². The van der Waals surface area contributed by atoms with Crippen molar-refractivity contribution in [3.05, 3.63) is 79.7 Å². The largest absolute Gasteiger partial charge is 0.450 e. The first-order valence-corrected chi connectivity index (χ1v) is 11.3. The Balaban J connectivity index is 1.62. The molecule has 7 heteroatoms. The molecule has 0 aliphatic carbocycles. The Morgan fingerprint density at radius 1 is 1.00 bits per heavy atom. The number of carbonyl (C=O) groups is 1. The molecule has 3 aromatic rings. The summed E-state index contributed by atoms with van der Waals surface area (Å²) in [6.07, 6.45) is 0. The van der Waals surface area contributed by atoms with Gasteiger partial charge in [0.05, 0.1) is 30.2 Å². The van der Waals surface area contributed by atoms with Crippen LogP contribution in [0.4, 0.5) is 0 Å². The lowest BCUT2D eigenvalue weighted by Gasteiger charge is -2.31. The summed E-state index contributed by atoms with van der Waals surface area (Å²) in [5.74, 6) is -0.0990. The van der Waals surface area contributed by atoms with Gasteiger partial charge in [-0.05, 0) is 54.8 Å². The molecule has 2 aliphatic heterocycles. The van der Waals surface area contributed by atoms with Crippen LogP contribution in [0.2, 0.25) is 5.02 Å². The van der Waals surface area contributed by atoms with Crippen molar-refractivity contribution < 1.29 is 13.9 Å². The third-order valence-corrected chi connectivity index (χ3v) is 6.78. The number of morpholine rings is 1. The number of rotatable bonds is 4. The van der Waals surface area contributed by atoms with E-state index in [0.717, 1.165) is 29.8 Å². The van der Waals surface area contributed by atoms with E-state index < -0.39 is 6.04 Å². The van der Waals surface area contributed by atoms with Crippen molar-refractivity contribution in [3.63, 3.8) is 0 Å². The summed E-state index contributed by atoms with van der Waals surface area (Å²) in [4.78, 5) is 31.2. The number of nitrogens with zero attached hydrogens (tertiary/aromatic N) is 2. The molecule has 1 amide bonds. The van der Waals surface area contributed by atoms with Crippen LogP contribution in [0, 0.1) is 13.8 Å². The Morgan fingerprint density at radius 3 is 2.41 bits per heavy atom. The average Bonchev–Trinajstić information content (AvgIpc) is 3.07. The lowest BCUT2D eigenvalue weighted by atomic mass is 9.97. The van der Waals surface area contributed by atoms with E-state index in [1.807, 2.05) is 38.1 Å². The first-order valence-electron chi connectivity index (χ1n) is 10.9. The van der Waals surface area contributed by atoms with Crippen LogP contribution in [0.3, 0.4) is 0 Å². The van der Waals surface area contributed by atoms with Crippen LogP contribution in [0.15, 0.2) is 45.6 Å². The molecule has 166 valence electrons. The van der Waals surface area contributed by atoms with E-state index in [4.69, 9.17) is 20.8 Å². The number of amides is 1. The maximum absolute atomic E-state index is 13.6. The van der Waals surface area contributed by atoms with Crippen molar-refractivity contribution in [2.75, 3.05) is 39.4 Å². The number of hydrogen-bond acceptors (Lipinski definition) is 5. The van der Waals surface area contributed by atoms with Gasteiger partial charge in [0.25, 0.3) is 5.91 Å². The molecule has 1 unspecified atom stereocenters. The molecular weight excluding hydrogens is 428 g/mol. The fraction of sp³-hybridized carbons (Fsp3) is 0.360. The molecule has 3 heterocycles. The summed E-state index contributed by atoms with van der Waals surface area (Å²) in [5.41, 5.74) is 3.60. The maximum atomic E-state index is 13.6. The van der Waals surface area contributed by atoms with Gasteiger partial charge in [-0.2, -0.15) is 0 Å². The fourth-order valence-corrected chi connectivity index (χ4v) is 4.70. The fourth-order valence-electron chi connectivity index (χ4n) is 4.57. The molecule has 1 atom stereocenters. The predicted octanol–water partition coefficient (Wildman–Crippen LogP) is 3.94. The van der Waals surface area contributed by atoms with Crippen LogP contribution in [0.5, 0.6) is 0 Å². The highest BCUT2D eigenvalue weighted by atomic mass is 35.5. The standard InChI is InChI=1S/C25H25ClN2O4/c1-15-13-19-20(14-16(15)2)32-24-21(23(19)29)22(17-3-5-18(26)6-4-17)28(25(24)30)8-7-27-9-11-31-12-10-27/h3-6,13-14,22H,7-12H2,1-2H3. The van der Waals surface area contributed by atoms with E-state index in [1.165, 1.54) is 0 Å². The van der Waals surface area contributed by atoms with Crippen LogP contribution in [0.1, 0.15) is 38.9 Å². The monoisotopic (exact) mass is 452 g/mol. The average molecular weight is 453 g/mol. The zero-order valence-corrected chi connectivity index (χ0v) is 18.9. The van der Waals surface area contributed by atoms with E-state index in [0.29, 0.717) is 47.9 Å². The summed E-state index contributed by atoms with van der Waals surface area (Å²) in [7, 11) is 0. The van der Waals surface area contributed by atoms with Crippen LogP contribution in [-0.2, 0) is 4.74 Å². The molecule has 1 saturated heterocycles. The minimum absolute atomic E-state index is 0.146. The second-order valence-corrected chi connectivity index (χ2v) is 8.95. The number of halogens is 1. The zero-order valence-electron chi connectivity index (χ0n) is 18.2. The minimum Gasteiger partial charge on any atom is -0.450 e. The van der Waals surface area contributed by atoms with E-state index >= 15 is 0 Å². The molecular formula is C25H25ClN2O4. The normalized spacial score (nSPS) is 19.0. The lowest BCUT2D eigenvalue weighted by Crippen LogP contribution is -2.42. The molecule has 0 bridgehead atoms. The van der Waals surface area contributed by atoms with Gasteiger partial charge in [-0.25, -0.2) is 0 Å². The number of benzene rings is 2. The molecule has 0 N–H and O–H groups in total. The third kappa shape index (κ3) is 3.62. The number of fused-ring (bicyclic) bond motifs is 2. The maximum Gasteiger partial charge on any atom is 0.290 e. The highest BCUT2D eigenvalue weighted by Crippen LogP contribution is 2.38. The van der Waals surface area contributed by atoms with Gasteiger partial charge in [0, 0.05) is 31.2 Å².